The number of phenolic OH excluding ortho intramolecular Hbond substituents is 1. The summed E-state index contributed by atoms with van der Waals surface area (Å²) in [5.41, 5.74) is 3.17. The summed E-state index contributed by atoms with van der Waals surface area (Å²) in [7, 11) is -3.27. The number of nitrogens with one attached hydrogen (secondary N) is 1. The summed E-state index contributed by atoms with van der Waals surface area (Å²) in [6, 6.07) is 21.0. The van der Waals surface area contributed by atoms with Crippen LogP contribution in [0.1, 0.15) is 22.6 Å². The third kappa shape index (κ3) is 5.01. The first-order valence-electron chi connectivity index (χ1n) is 9.51. The van der Waals surface area contributed by atoms with E-state index >= 15 is 0 Å². The monoisotopic (exact) mass is 461 g/mol. The second-order valence-corrected chi connectivity index (χ2v) is 10.4. The first-order valence-corrected chi connectivity index (χ1v) is 12.2. The molecule has 0 spiro atoms. The molecule has 0 saturated heterocycles. The maximum Gasteiger partial charge on any atom is 0.175 e. The molecule has 3 aromatic carbocycles. The highest BCUT2D eigenvalue weighted by Gasteiger charge is 2.23. The van der Waals surface area contributed by atoms with Crippen molar-refractivity contribution in [1.82, 2.24) is 5.32 Å². The summed E-state index contributed by atoms with van der Waals surface area (Å²) in [4.78, 5) is 2.23. The molecule has 4 rings (SSSR count). The number of aromatic hydroxyl groups is 1. The van der Waals surface area contributed by atoms with Gasteiger partial charge in [-0.2, -0.15) is 0 Å². The first kappa shape index (κ1) is 22.7. The number of hydrogen-bond acceptors (Lipinski definition) is 5. The summed E-state index contributed by atoms with van der Waals surface area (Å²) in [5, 5.41) is 14.2. The molecule has 0 aromatic heterocycles. The van der Waals surface area contributed by atoms with Crippen molar-refractivity contribution in [2.24, 2.45) is 0 Å². The molecule has 1 aliphatic rings. The van der Waals surface area contributed by atoms with Crippen LogP contribution in [0.15, 0.2) is 81.4 Å². The molecule has 1 aliphatic heterocycles. The van der Waals surface area contributed by atoms with E-state index in [9.17, 15) is 13.5 Å². The molecule has 158 valence electrons. The van der Waals surface area contributed by atoms with Crippen LogP contribution in [0.25, 0.3) is 0 Å². The van der Waals surface area contributed by atoms with Crippen LogP contribution in [0, 0.1) is 0 Å². The van der Waals surface area contributed by atoms with Gasteiger partial charge in [-0.05, 0) is 66.1 Å². The zero-order valence-electron chi connectivity index (χ0n) is 16.5. The van der Waals surface area contributed by atoms with Gasteiger partial charge in [-0.3, -0.25) is 0 Å². The summed E-state index contributed by atoms with van der Waals surface area (Å²) in [6.07, 6.45) is 2.09. The molecule has 0 radical (unpaired) electrons. The molecule has 0 saturated carbocycles. The van der Waals surface area contributed by atoms with Gasteiger partial charge in [-0.15, -0.1) is 12.4 Å². The average molecular weight is 462 g/mol. The maximum atomic E-state index is 12.0. The average Bonchev–Trinajstić information content (AvgIpc) is 2.91. The van der Waals surface area contributed by atoms with Crippen molar-refractivity contribution >= 4 is 34.0 Å². The van der Waals surface area contributed by atoms with Crippen LogP contribution < -0.4 is 5.32 Å². The van der Waals surface area contributed by atoms with Crippen LogP contribution in [0.3, 0.4) is 0 Å². The van der Waals surface area contributed by atoms with Crippen LogP contribution in [0.2, 0.25) is 0 Å². The fourth-order valence-electron chi connectivity index (χ4n) is 3.70. The molecule has 30 heavy (non-hydrogen) atoms. The van der Waals surface area contributed by atoms with Crippen LogP contribution in [-0.2, 0) is 16.3 Å². The lowest BCUT2D eigenvalue weighted by atomic mass is 9.88. The quantitative estimate of drug-likeness (QED) is 0.592. The van der Waals surface area contributed by atoms with E-state index in [1.54, 1.807) is 30.0 Å². The Morgan fingerprint density at radius 2 is 1.80 bits per heavy atom. The van der Waals surface area contributed by atoms with E-state index < -0.39 is 9.84 Å². The Morgan fingerprint density at radius 1 is 1.03 bits per heavy atom. The van der Waals surface area contributed by atoms with Crippen LogP contribution in [-0.4, -0.2) is 32.9 Å². The Morgan fingerprint density at radius 3 is 2.53 bits per heavy atom. The van der Waals surface area contributed by atoms with E-state index in [0.29, 0.717) is 11.4 Å². The second-order valence-electron chi connectivity index (χ2n) is 7.29. The Balaban J connectivity index is 0.00000256. The molecule has 4 nitrogen and oxygen atoms in total. The van der Waals surface area contributed by atoms with E-state index in [2.05, 4.69) is 11.4 Å². The SMILES string of the molecule is CS(=O)(=O)c1cccc(C2CNCCc3cc(Sc4ccccc4)c(O)cc32)c1.Cl. The fourth-order valence-corrected chi connectivity index (χ4v) is 5.29. The molecule has 1 unspecified atom stereocenters. The Kier molecular flexibility index (Phi) is 7.14. The van der Waals surface area contributed by atoms with Gasteiger partial charge in [0.15, 0.2) is 9.84 Å². The largest absolute Gasteiger partial charge is 0.507 e. The van der Waals surface area contributed by atoms with Gasteiger partial charge in [0, 0.05) is 23.6 Å². The van der Waals surface area contributed by atoms with Crippen LogP contribution >= 0.6 is 24.2 Å². The maximum absolute atomic E-state index is 12.0. The van der Waals surface area contributed by atoms with Crippen molar-refractivity contribution in [3.63, 3.8) is 0 Å². The van der Waals surface area contributed by atoms with Gasteiger partial charge in [0.25, 0.3) is 0 Å². The highest BCUT2D eigenvalue weighted by atomic mass is 35.5. The molecular formula is C23H24ClNO3S2. The van der Waals surface area contributed by atoms with Gasteiger partial charge in [0.2, 0.25) is 0 Å². The molecule has 1 atom stereocenters. The van der Waals surface area contributed by atoms with Gasteiger partial charge in [-0.1, -0.05) is 42.1 Å². The number of hydrogen-bond donors (Lipinski definition) is 2. The third-order valence-corrected chi connectivity index (χ3v) is 7.34. The molecule has 0 amide bonds. The standard InChI is InChI=1S/C23H23NO3S2.ClH/c1-29(26,27)19-9-5-6-16(12-19)21-15-24-11-10-17-13-23(22(25)14-20(17)21)28-18-7-3-2-4-8-18;/h2-9,12-14,21,24-25H,10-11,15H2,1H3;1H. The normalized spacial score (nSPS) is 16.2. The zero-order valence-corrected chi connectivity index (χ0v) is 19.0. The summed E-state index contributed by atoms with van der Waals surface area (Å²) >= 11 is 1.55. The van der Waals surface area contributed by atoms with Crippen molar-refractivity contribution in [2.75, 3.05) is 19.3 Å². The van der Waals surface area contributed by atoms with E-state index in [1.165, 1.54) is 11.8 Å². The predicted octanol–water partition coefficient (Wildman–Crippen LogP) is 4.65. The lowest BCUT2D eigenvalue weighted by Crippen LogP contribution is -2.21. The number of sulfone groups is 1. The zero-order chi connectivity index (χ0) is 20.4. The molecule has 0 bridgehead atoms. The summed E-state index contributed by atoms with van der Waals surface area (Å²) in [5.74, 6) is 0.236. The number of rotatable bonds is 4. The lowest BCUT2D eigenvalue weighted by molar-refractivity contribution is 0.461. The Bertz CT molecular complexity index is 1130. The van der Waals surface area contributed by atoms with Gasteiger partial charge < -0.3 is 10.4 Å². The third-order valence-electron chi connectivity index (χ3n) is 5.18. The lowest BCUT2D eigenvalue weighted by Gasteiger charge is -2.20. The minimum Gasteiger partial charge on any atom is -0.507 e. The van der Waals surface area contributed by atoms with Crippen molar-refractivity contribution < 1.29 is 13.5 Å². The molecule has 3 aromatic rings. The Hall–Kier alpha value is -1.99. The van der Waals surface area contributed by atoms with E-state index in [4.69, 9.17) is 0 Å². The molecule has 0 aliphatic carbocycles. The highest BCUT2D eigenvalue weighted by molar-refractivity contribution is 7.99. The second kappa shape index (κ2) is 9.43. The topological polar surface area (TPSA) is 66.4 Å². The van der Waals surface area contributed by atoms with Crippen molar-refractivity contribution in [3.8, 4) is 5.75 Å². The van der Waals surface area contributed by atoms with E-state index in [0.717, 1.165) is 33.9 Å². The van der Waals surface area contributed by atoms with Crippen LogP contribution in [0.4, 0.5) is 0 Å². The molecule has 0 fully saturated rings. The molecule has 1 heterocycles. The number of benzene rings is 3. The van der Waals surface area contributed by atoms with Crippen molar-refractivity contribution in [3.05, 3.63) is 83.4 Å². The number of fused-ring (bicyclic) bond motifs is 1. The van der Waals surface area contributed by atoms with E-state index in [1.807, 2.05) is 42.5 Å². The van der Waals surface area contributed by atoms with Gasteiger partial charge in [0.1, 0.15) is 5.75 Å². The number of halogens is 1. The highest BCUT2D eigenvalue weighted by Crippen LogP contribution is 2.40. The fraction of sp³-hybridized carbons (Fsp3) is 0.217. The minimum absolute atomic E-state index is 0. The van der Waals surface area contributed by atoms with Gasteiger partial charge in [-0.25, -0.2) is 8.42 Å². The Labute approximate surface area is 188 Å². The van der Waals surface area contributed by atoms with Crippen molar-refractivity contribution in [1.29, 1.82) is 0 Å². The summed E-state index contributed by atoms with van der Waals surface area (Å²) in [6.45, 7) is 1.54. The van der Waals surface area contributed by atoms with Crippen molar-refractivity contribution in [2.45, 2.75) is 27.0 Å². The predicted molar refractivity (Wildman–Crippen MR) is 124 cm³/mol. The minimum atomic E-state index is -3.27. The van der Waals surface area contributed by atoms with E-state index in [-0.39, 0.29) is 24.1 Å². The van der Waals surface area contributed by atoms with Gasteiger partial charge in [0.05, 0.1) is 9.79 Å². The number of phenols is 1. The molecular weight excluding hydrogens is 438 g/mol. The van der Waals surface area contributed by atoms with Crippen LogP contribution in [0.5, 0.6) is 5.75 Å². The molecule has 7 heteroatoms. The smallest absolute Gasteiger partial charge is 0.175 e. The summed E-state index contributed by atoms with van der Waals surface area (Å²) < 4.78 is 24.0. The van der Waals surface area contributed by atoms with Gasteiger partial charge >= 0.3 is 0 Å². The molecule has 2 N–H and O–H groups in total. The first-order chi connectivity index (χ1) is 13.9.